The van der Waals surface area contributed by atoms with Gasteiger partial charge in [0, 0.05) is 35.6 Å². The number of anilines is 3. The van der Waals surface area contributed by atoms with Crippen LogP contribution in [0.2, 0.25) is 0 Å². The zero-order valence-electron chi connectivity index (χ0n) is 14.9. The second-order valence-corrected chi connectivity index (χ2v) is 6.91. The molecule has 0 saturated carbocycles. The molecule has 0 fully saturated rings. The fourth-order valence-corrected chi connectivity index (χ4v) is 3.87. The Morgan fingerprint density at radius 1 is 1.04 bits per heavy atom. The maximum atomic E-state index is 10.9. The number of methoxy groups -OCH3 is 2. The van der Waals surface area contributed by atoms with E-state index in [1.165, 1.54) is 0 Å². The maximum Gasteiger partial charge on any atom is 0.222 e. The molecule has 1 aromatic heterocycles. The summed E-state index contributed by atoms with van der Waals surface area (Å²) >= 11 is 0. The first-order valence-electron chi connectivity index (χ1n) is 8.43. The van der Waals surface area contributed by atoms with E-state index in [9.17, 15) is 8.42 Å². The number of nitrogens with zero attached hydrogens (tertiary/aromatic N) is 2. The third-order valence-corrected chi connectivity index (χ3v) is 5.15. The Morgan fingerprint density at radius 2 is 1.81 bits per heavy atom. The molecular formula is C19H19N3O4S. The molecule has 0 aliphatic carbocycles. The highest BCUT2D eigenvalue weighted by molar-refractivity contribution is 7.73. The molecule has 3 aromatic rings. The van der Waals surface area contributed by atoms with Crippen molar-refractivity contribution in [3.8, 4) is 11.5 Å². The lowest BCUT2D eigenvalue weighted by atomic mass is 10.1. The summed E-state index contributed by atoms with van der Waals surface area (Å²) in [6.45, 7) is 0.801. The fourth-order valence-electron chi connectivity index (χ4n) is 3.52. The van der Waals surface area contributed by atoms with Crippen molar-refractivity contribution >= 4 is 38.9 Å². The summed E-state index contributed by atoms with van der Waals surface area (Å²) < 4.78 is 35.1. The Labute approximate surface area is 158 Å². The highest BCUT2D eigenvalue weighted by Crippen LogP contribution is 2.41. The van der Waals surface area contributed by atoms with E-state index in [4.69, 9.17) is 9.47 Å². The zero-order valence-corrected chi connectivity index (χ0v) is 15.8. The molecule has 0 bridgehead atoms. The Bertz CT molecular complexity index is 1090. The van der Waals surface area contributed by atoms with Crippen LogP contribution in [0, 0.1) is 0 Å². The molecule has 0 saturated heterocycles. The largest absolute Gasteiger partial charge is 0.493 e. The van der Waals surface area contributed by atoms with Crippen molar-refractivity contribution in [2.75, 3.05) is 30.4 Å². The molecule has 8 heteroatoms. The second kappa shape index (κ2) is 6.96. The topological polar surface area (TPSA) is 80.8 Å². The minimum Gasteiger partial charge on any atom is -0.493 e. The van der Waals surface area contributed by atoms with Crippen LogP contribution in [0.1, 0.15) is 5.56 Å². The lowest BCUT2D eigenvalue weighted by Gasteiger charge is -2.22. The average Bonchev–Trinajstić information content (AvgIpc) is 3.08. The van der Waals surface area contributed by atoms with Crippen molar-refractivity contribution in [3.63, 3.8) is 0 Å². The maximum absolute atomic E-state index is 10.9. The molecule has 0 amide bonds. The van der Waals surface area contributed by atoms with Crippen LogP contribution in [0.4, 0.5) is 17.1 Å². The molecule has 140 valence electrons. The number of fused-ring (bicyclic) bond motifs is 2. The van der Waals surface area contributed by atoms with E-state index in [2.05, 4.69) is 14.6 Å². The minimum atomic E-state index is -2.67. The van der Waals surface area contributed by atoms with Crippen molar-refractivity contribution in [1.82, 2.24) is 4.98 Å². The van der Waals surface area contributed by atoms with Gasteiger partial charge in [-0.25, -0.2) is 8.42 Å². The summed E-state index contributed by atoms with van der Waals surface area (Å²) in [6.07, 6.45) is 2.61. The summed E-state index contributed by atoms with van der Waals surface area (Å²) in [6, 6.07) is 11.4. The second-order valence-electron chi connectivity index (χ2n) is 6.17. The van der Waals surface area contributed by atoms with Gasteiger partial charge in [0.2, 0.25) is 10.9 Å². The summed E-state index contributed by atoms with van der Waals surface area (Å²) in [4.78, 5) is 6.68. The quantitative estimate of drug-likeness (QED) is 0.658. The normalized spacial score (nSPS) is 13.1. The van der Waals surface area contributed by atoms with E-state index in [1.807, 2.05) is 30.3 Å². The number of hydrogen-bond donors (Lipinski definition) is 2. The van der Waals surface area contributed by atoms with Gasteiger partial charge in [0.05, 0.1) is 25.4 Å². The molecule has 0 radical (unpaired) electrons. The SMILES string of the molecule is COc1cc2nccc(N3CCc4cc(N[SH](=O)=O)ccc43)c2cc1OC. The molecule has 0 unspecified atom stereocenters. The van der Waals surface area contributed by atoms with Crippen LogP contribution in [0.5, 0.6) is 11.5 Å². The van der Waals surface area contributed by atoms with Crippen LogP contribution in [0.25, 0.3) is 10.9 Å². The first-order chi connectivity index (χ1) is 13.1. The molecule has 2 aromatic carbocycles. The van der Waals surface area contributed by atoms with E-state index in [0.717, 1.165) is 40.8 Å². The van der Waals surface area contributed by atoms with E-state index in [0.29, 0.717) is 17.2 Å². The predicted octanol–water partition coefficient (Wildman–Crippen LogP) is 2.88. The molecule has 1 aliphatic rings. The summed E-state index contributed by atoms with van der Waals surface area (Å²) in [5.41, 5.74) is 4.58. The predicted molar refractivity (Wildman–Crippen MR) is 106 cm³/mol. The number of thiol groups is 1. The van der Waals surface area contributed by atoms with Crippen LogP contribution in [0.15, 0.2) is 42.6 Å². The number of rotatable bonds is 5. The van der Waals surface area contributed by atoms with Gasteiger partial charge in [0.25, 0.3) is 0 Å². The lowest BCUT2D eigenvalue weighted by molar-refractivity contribution is 0.356. The number of benzene rings is 2. The van der Waals surface area contributed by atoms with Crippen molar-refractivity contribution in [3.05, 3.63) is 48.2 Å². The van der Waals surface area contributed by atoms with Gasteiger partial charge >= 0.3 is 0 Å². The Morgan fingerprint density at radius 3 is 2.56 bits per heavy atom. The van der Waals surface area contributed by atoms with Gasteiger partial charge in [-0.2, -0.15) is 0 Å². The molecular weight excluding hydrogens is 366 g/mol. The van der Waals surface area contributed by atoms with Crippen LogP contribution in [-0.4, -0.2) is 34.2 Å². The van der Waals surface area contributed by atoms with Crippen molar-refractivity contribution in [2.24, 2.45) is 0 Å². The third kappa shape index (κ3) is 3.12. The molecule has 1 N–H and O–H groups in total. The summed E-state index contributed by atoms with van der Waals surface area (Å²) in [5.74, 6) is 1.29. The van der Waals surface area contributed by atoms with Crippen LogP contribution in [0.3, 0.4) is 0 Å². The van der Waals surface area contributed by atoms with E-state index >= 15 is 0 Å². The Hall–Kier alpha value is -3.00. The number of aromatic nitrogens is 1. The van der Waals surface area contributed by atoms with Gasteiger partial charge in [0.1, 0.15) is 0 Å². The van der Waals surface area contributed by atoms with Crippen molar-refractivity contribution in [1.29, 1.82) is 0 Å². The van der Waals surface area contributed by atoms with Gasteiger partial charge in [-0.15, -0.1) is 0 Å². The molecule has 0 atom stereocenters. The lowest BCUT2D eigenvalue weighted by Crippen LogP contribution is -2.13. The first kappa shape index (κ1) is 17.4. The number of nitrogens with one attached hydrogen (secondary N) is 1. The van der Waals surface area contributed by atoms with Gasteiger partial charge in [-0.05, 0) is 42.3 Å². The molecule has 4 rings (SSSR count). The standard InChI is InChI=1S/C19H19N3O4S/c1-25-18-10-14-15(11-19(18)26-2)20-7-5-17(14)22-8-6-12-9-13(21-27(23)24)3-4-16(12)22/h3-5,7,9-11,27H,6,8H2,1-2H3,(H,21,23,24). The van der Waals surface area contributed by atoms with Gasteiger partial charge in [-0.3, -0.25) is 9.71 Å². The average molecular weight is 385 g/mol. The van der Waals surface area contributed by atoms with Gasteiger partial charge in [0.15, 0.2) is 11.5 Å². The van der Waals surface area contributed by atoms with E-state index in [-0.39, 0.29) is 0 Å². The molecule has 2 heterocycles. The molecule has 27 heavy (non-hydrogen) atoms. The van der Waals surface area contributed by atoms with Gasteiger partial charge in [-0.1, -0.05) is 0 Å². The highest BCUT2D eigenvalue weighted by atomic mass is 32.2. The fraction of sp³-hybridized carbons (Fsp3) is 0.211. The Kier molecular flexibility index (Phi) is 4.49. The van der Waals surface area contributed by atoms with Crippen LogP contribution < -0.4 is 19.1 Å². The molecule has 0 spiro atoms. The number of pyridine rings is 1. The monoisotopic (exact) mass is 385 g/mol. The summed E-state index contributed by atoms with van der Waals surface area (Å²) in [7, 11) is 0.544. The Balaban J connectivity index is 1.80. The first-order valence-corrected chi connectivity index (χ1v) is 9.60. The van der Waals surface area contributed by atoms with Gasteiger partial charge < -0.3 is 14.4 Å². The number of ether oxygens (including phenoxy) is 2. The minimum absolute atomic E-state index is 0.581. The third-order valence-electron chi connectivity index (χ3n) is 4.71. The highest BCUT2D eigenvalue weighted by Gasteiger charge is 2.23. The smallest absolute Gasteiger partial charge is 0.222 e. The van der Waals surface area contributed by atoms with E-state index < -0.39 is 10.9 Å². The molecule has 7 nitrogen and oxygen atoms in total. The van der Waals surface area contributed by atoms with Crippen molar-refractivity contribution < 1.29 is 17.9 Å². The van der Waals surface area contributed by atoms with E-state index in [1.54, 1.807) is 26.5 Å². The summed E-state index contributed by atoms with van der Waals surface area (Å²) in [5, 5.41) is 0.966. The number of hydrogen-bond acceptors (Lipinski definition) is 6. The molecule has 1 aliphatic heterocycles. The zero-order chi connectivity index (χ0) is 19.0. The van der Waals surface area contributed by atoms with Crippen LogP contribution in [-0.2, 0) is 17.3 Å². The van der Waals surface area contributed by atoms with Crippen molar-refractivity contribution in [2.45, 2.75) is 6.42 Å². The van der Waals surface area contributed by atoms with Crippen LogP contribution >= 0.6 is 0 Å².